The van der Waals surface area contributed by atoms with Gasteiger partial charge in [-0.2, -0.15) is 5.10 Å². The van der Waals surface area contributed by atoms with Gasteiger partial charge in [0.25, 0.3) is 11.6 Å². The van der Waals surface area contributed by atoms with Crippen LogP contribution in [0.2, 0.25) is 5.02 Å². The van der Waals surface area contributed by atoms with Gasteiger partial charge in [0.15, 0.2) is 0 Å². The monoisotopic (exact) mass is 350 g/mol. The number of carbonyl (C=O) groups is 1. The first kappa shape index (κ1) is 17.4. The van der Waals surface area contributed by atoms with Crippen molar-refractivity contribution in [3.8, 4) is 0 Å². The number of nitrogens with one attached hydrogen (secondary N) is 2. The molecule has 2 aromatic carbocycles. The van der Waals surface area contributed by atoms with Crippen molar-refractivity contribution in [3.63, 3.8) is 0 Å². The second-order valence-corrected chi connectivity index (χ2v) is 5.02. The lowest BCUT2D eigenvalue weighted by Gasteiger charge is -2.05. The van der Waals surface area contributed by atoms with Crippen LogP contribution in [0.15, 0.2) is 47.6 Å². The molecule has 0 saturated heterocycles. The van der Waals surface area contributed by atoms with Gasteiger partial charge >= 0.3 is 0 Å². The average molecular weight is 351 g/mol. The number of benzene rings is 2. The topological polar surface area (TPSA) is 96.6 Å². The summed E-state index contributed by atoms with van der Waals surface area (Å²) in [5.74, 6) is -0.819. The molecular weight excluding hydrogens is 339 g/mol. The number of non-ortho nitro benzene ring substituents is 1. The molecule has 2 N–H and O–H groups in total. The quantitative estimate of drug-likeness (QED) is 0.475. The first-order valence-electron chi connectivity index (χ1n) is 6.71. The van der Waals surface area contributed by atoms with Crippen molar-refractivity contribution in [2.75, 3.05) is 11.9 Å². The third kappa shape index (κ3) is 5.03. The molecule has 0 aromatic heterocycles. The fourth-order valence-electron chi connectivity index (χ4n) is 1.71. The Labute approximate surface area is 141 Å². The number of hydrazone groups is 1. The molecule has 24 heavy (non-hydrogen) atoms. The lowest BCUT2D eigenvalue weighted by molar-refractivity contribution is -0.384. The molecule has 124 valence electrons. The highest BCUT2D eigenvalue weighted by molar-refractivity contribution is 6.33. The molecule has 7 nitrogen and oxygen atoms in total. The van der Waals surface area contributed by atoms with Crippen LogP contribution < -0.4 is 10.7 Å². The second-order valence-electron chi connectivity index (χ2n) is 4.62. The van der Waals surface area contributed by atoms with E-state index in [0.717, 1.165) is 0 Å². The van der Waals surface area contributed by atoms with Gasteiger partial charge in [-0.15, -0.1) is 0 Å². The van der Waals surface area contributed by atoms with Gasteiger partial charge in [-0.1, -0.05) is 11.6 Å². The van der Waals surface area contributed by atoms with Crippen LogP contribution in [0.25, 0.3) is 0 Å². The smallest absolute Gasteiger partial charge is 0.270 e. The fourth-order valence-corrected chi connectivity index (χ4v) is 1.87. The van der Waals surface area contributed by atoms with Gasteiger partial charge < -0.3 is 5.32 Å². The summed E-state index contributed by atoms with van der Waals surface area (Å²) in [6.07, 6.45) is 1.21. The Hall–Kier alpha value is -3.00. The highest BCUT2D eigenvalue weighted by Gasteiger charge is 2.08. The molecule has 0 aliphatic heterocycles. The third-order valence-electron chi connectivity index (χ3n) is 2.88. The first-order chi connectivity index (χ1) is 11.5. The maximum absolute atomic E-state index is 12.7. The zero-order valence-corrected chi connectivity index (χ0v) is 13.0. The zero-order valence-electron chi connectivity index (χ0n) is 12.2. The summed E-state index contributed by atoms with van der Waals surface area (Å²) >= 11 is 5.90. The van der Waals surface area contributed by atoms with Crippen molar-refractivity contribution in [3.05, 3.63) is 69.0 Å². The molecule has 0 aliphatic carbocycles. The summed E-state index contributed by atoms with van der Waals surface area (Å²) in [4.78, 5) is 21.8. The van der Waals surface area contributed by atoms with E-state index in [4.69, 9.17) is 11.6 Å². The summed E-state index contributed by atoms with van der Waals surface area (Å²) in [5.41, 5.74) is 3.00. The molecule has 0 aliphatic rings. The van der Waals surface area contributed by atoms with Crippen LogP contribution >= 0.6 is 11.6 Å². The zero-order chi connectivity index (χ0) is 17.5. The Kier molecular flexibility index (Phi) is 5.80. The predicted octanol–water partition coefficient (Wildman–Crippen LogP) is 2.95. The molecule has 2 aromatic rings. The Balaban J connectivity index is 1.89. The molecule has 0 spiro atoms. The normalized spacial score (nSPS) is 10.6. The molecule has 0 radical (unpaired) electrons. The van der Waals surface area contributed by atoms with Crippen LogP contribution in [-0.4, -0.2) is 23.6 Å². The molecule has 0 saturated carbocycles. The van der Waals surface area contributed by atoms with E-state index < -0.39 is 10.8 Å². The minimum Gasteiger partial charge on any atom is -0.376 e. The number of hydrogen-bond acceptors (Lipinski definition) is 5. The van der Waals surface area contributed by atoms with Crippen LogP contribution in [0.3, 0.4) is 0 Å². The Morgan fingerprint density at radius 3 is 2.67 bits per heavy atom. The maximum atomic E-state index is 12.7. The van der Waals surface area contributed by atoms with Crippen LogP contribution in [0.4, 0.5) is 15.8 Å². The lowest BCUT2D eigenvalue weighted by atomic mass is 10.2. The van der Waals surface area contributed by atoms with Crippen LogP contribution in [-0.2, 0) is 4.79 Å². The van der Waals surface area contributed by atoms with Crippen LogP contribution in [0, 0.1) is 15.9 Å². The number of nitrogens with zero attached hydrogens (tertiary/aromatic N) is 2. The number of nitro benzene ring substituents is 1. The van der Waals surface area contributed by atoms with Gasteiger partial charge in [-0.25, -0.2) is 9.82 Å². The van der Waals surface area contributed by atoms with Crippen LogP contribution in [0.5, 0.6) is 0 Å². The molecular formula is C15H12ClFN4O3. The average Bonchev–Trinajstić information content (AvgIpc) is 2.56. The molecule has 0 fully saturated rings. The Bertz CT molecular complexity index is 781. The van der Waals surface area contributed by atoms with Gasteiger partial charge in [0.1, 0.15) is 5.82 Å². The third-order valence-corrected chi connectivity index (χ3v) is 3.22. The van der Waals surface area contributed by atoms with E-state index in [9.17, 15) is 19.3 Å². The van der Waals surface area contributed by atoms with Crippen molar-refractivity contribution >= 4 is 35.1 Å². The second kappa shape index (κ2) is 8.02. The molecule has 0 bridgehead atoms. The number of rotatable bonds is 6. The number of carbonyl (C=O) groups excluding carboxylic acids is 1. The summed E-state index contributed by atoms with van der Waals surface area (Å²) in [6, 6.07) is 9.41. The van der Waals surface area contributed by atoms with Gasteiger partial charge in [-0.3, -0.25) is 14.9 Å². The van der Waals surface area contributed by atoms with Crippen molar-refractivity contribution in [1.82, 2.24) is 5.43 Å². The highest BCUT2D eigenvalue weighted by Crippen LogP contribution is 2.20. The van der Waals surface area contributed by atoms with Crippen molar-refractivity contribution in [2.45, 2.75) is 0 Å². The molecule has 2 rings (SSSR count). The number of hydrogen-bond donors (Lipinski definition) is 2. The molecule has 1 amide bonds. The van der Waals surface area contributed by atoms with E-state index in [-0.39, 0.29) is 23.1 Å². The SMILES string of the molecule is O=C(CNc1ccc(F)cc1)N/N=C\c1cc([N+](=O)[O-])ccc1Cl. The fraction of sp³-hybridized carbons (Fsp3) is 0.0667. The summed E-state index contributed by atoms with van der Waals surface area (Å²) < 4.78 is 12.7. The van der Waals surface area contributed by atoms with E-state index in [1.165, 1.54) is 48.7 Å². The van der Waals surface area contributed by atoms with E-state index in [1.54, 1.807) is 0 Å². The summed E-state index contributed by atoms with van der Waals surface area (Å²) in [6.45, 7) is -0.0777. The summed E-state index contributed by atoms with van der Waals surface area (Å²) in [5, 5.41) is 17.5. The molecule has 0 unspecified atom stereocenters. The van der Waals surface area contributed by atoms with Gasteiger partial charge in [-0.05, 0) is 30.3 Å². The Morgan fingerprint density at radius 1 is 1.29 bits per heavy atom. The van der Waals surface area contributed by atoms with Crippen molar-refractivity contribution < 1.29 is 14.1 Å². The van der Waals surface area contributed by atoms with Gasteiger partial charge in [0, 0.05) is 28.4 Å². The number of halogens is 2. The lowest BCUT2D eigenvalue weighted by Crippen LogP contribution is -2.25. The largest absolute Gasteiger partial charge is 0.376 e. The standard InChI is InChI=1S/C15H12ClFN4O3/c16-14-6-5-13(21(23)24)7-10(14)8-19-20-15(22)9-18-12-3-1-11(17)2-4-12/h1-8,18H,9H2,(H,20,22)/b19-8-. The van der Waals surface area contributed by atoms with Gasteiger partial charge in [0.2, 0.25) is 0 Å². The minimum atomic E-state index is -0.557. The minimum absolute atomic E-state index is 0.0777. The summed E-state index contributed by atoms with van der Waals surface area (Å²) in [7, 11) is 0. The van der Waals surface area contributed by atoms with E-state index in [1.807, 2.05) is 0 Å². The van der Waals surface area contributed by atoms with E-state index in [0.29, 0.717) is 11.3 Å². The maximum Gasteiger partial charge on any atom is 0.270 e. The van der Waals surface area contributed by atoms with Crippen molar-refractivity contribution in [1.29, 1.82) is 0 Å². The number of amides is 1. The molecule has 9 heteroatoms. The first-order valence-corrected chi connectivity index (χ1v) is 7.09. The predicted molar refractivity (Wildman–Crippen MR) is 88.7 cm³/mol. The van der Waals surface area contributed by atoms with Gasteiger partial charge in [0.05, 0.1) is 17.7 Å². The van der Waals surface area contributed by atoms with E-state index in [2.05, 4.69) is 15.8 Å². The molecule has 0 atom stereocenters. The highest BCUT2D eigenvalue weighted by atomic mass is 35.5. The number of anilines is 1. The molecule has 0 heterocycles. The van der Waals surface area contributed by atoms with Crippen LogP contribution in [0.1, 0.15) is 5.56 Å². The number of nitro groups is 1. The Morgan fingerprint density at radius 2 is 2.00 bits per heavy atom. The van der Waals surface area contributed by atoms with Crippen molar-refractivity contribution in [2.24, 2.45) is 5.10 Å². The van der Waals surface area contributed by atoms with E-state index >= 15 is 0 Å².